The molecule has 0 aliphatic carbocycles. The number of carboxylic acids is 1. The fourth-order valence-corrected chi connectivity index (χ4v) is 5.71. The van der Waals surface area contributed by atoms with Crippen LogP contribution in [0.15, 0.2) is 48.5 Å². The molecule has 44 heavy (non-hydrogen) atoms. The van der Waals surface area contributed by atoms with Gasteiger partial charge in [0.2, 0.25) is 16.7 Å². The Labute approximate surface area is 258 Å². The number of phenolic OH excluding ortho intramolecular Hbond substituents is 1. The minimum atomic E-state index is -2.11. The van der Waals surface area contributed by atoms with E-state index in [0.717, 1.165) is 11.8 Å². The first-order valence-corrected chi connectivity index (χ1v) is 14.7. The number of carboxylic acid groups (broad SMARTS) is 1. The Kier molecular flexibility index (Phi) is 12.8. The Balaban J connectivity index is 1.73. The molecule has 6 atom stereocenters. The minimum absolute atomic E-state index is 0.0309. The summed E-state index contributed by atoms with van der Waals surface area (Å²) in [6, 6.07) is 11.4. The van der Waals surface area contributed by atoms with Gasteiger partial charge in [0, 0.05) is 25.1 Å². The number of aliphatic hydroxyl groups excluding tert-OH is 4. The summed E-state index contributed by atoms with van der Waals surface area (Å²) in [6.45, 7) is -1.11. The summed E-state index contributed by atoms with van der Waals surface area (Å²) in [4.78, 5) is 34.8. The number of nitrogens with one attached hydrogen (secondary N) is 2. The number of rotatable bonds is 15. The molecule has 8 N–H and O–H groups in total. The van der Waals surface area contributed by atoms with Gasteiger partial charge in [0.1, 0.15) is 30.3 Å². The van der Waals surface area contributed by atoms with Gasteiger partial charge in [-0.15, -0.1) is 24.1 Å². The van der Waals surface area contributed by atoms with Crippen molar-refractivity contribution in [1.82, 2.24) is 10.6 Å². The molecule has 13 nitrogen and oxygen atoms in total. The average molecular weight is 633 g/mol. The van der Waals surface area contributed by atoms with Crippen molar-refractivity contribution in [3.8, 4) is 23.8 Å². The molecule has 1 aliphatic rings. The Morgan fingerprint density at radius 3 is 2.50 bits per heavy atom. The first-order valence-electron chi connectivity index (χ1n) is 13.7. The number of carbonyl (C=O) groups excluding carboxylic acids is 2. The molecule has 0 spiro atoms. The zero-order valence-electron chi connectivity index (χ0n) is 23.7. The highest BCUT2D eigenvalue weighted by Crippen LogP contribution is 2.42. The van der Waals surface area contributed by atoms with E-state index in [0.29, 0.717) is 29.9 Å². The van der Waals surface area contributed by atoms with Crippen LogP contribution in [0.5, 0.6) is 11.5 Å². The molecular formula is C30H36N2O11S. The summed E-state index contributed by atoms with van der Waals surface area (Å²) in [5, 5.41) is 66.5. The summed E-state index contributed by atoms with van der Waals surface area (Å²) in [7, 11) is 0. The first-order chi connectivity index (χ1) is 21.0. The Bertz CT molecular complexity index is 1320. The summed E-state index contributed by atoms with van der Waals surface area (Å²) >= 11 is 0.823. The number of terminal acetylenes is 1. The van der Waals surface area contributed by atoms with Crippen LogP contribution >= 0.6 is 11.8 Å². The number of aliphatic hydroxyl groups is 4. The van der Waals surface area contributed by atoms with Gasteiger partial charge < -0.3 is 50.7 Å². The zero-order chi connectivity index (χ0) is 32.3. The van der Waals surface area contributed by atoms with E-state index >= 15 is 0 Å². The molecule has 238 valence electrons. The van der Waals surface area contributed by atoms with Crippen LogP contribution in [-0.2, 0) is 31.3 Å². The van der Waals surface area contributed by atoms with Gasteiger partial charge >= 0.3 is 5.97 Å². The Morgan fingerprint density at radius 1 is 1.14 bits per heavy atom. The molecule has 1 heterocycles. The fourth-order valence-electron chi connectivity index (χ4n) is 4.53. The summed E-state index contributed by atoms with van der Waals surface area (Å²) in [5.74, 6) is 0.179. The van der Waals surface area contributed by atoms with Crippen molar-refractivity contribution >= 4 is 29.5 Å². The van der Waals surface area contributed by atoms with E-state index in [1.54, 1.807) is 36.4 Å². The topological polar surface area (TPSA) is 215 Å². The largest absolute Gasteiger partial charge is 0.508 e. The van der Waals surface area contributed by atoms with Crippen molar-refractivity contribution in [1.29, 1.82) is 0 Å². The lowest BCUT2D eigenvalue weighted by molar-refractivity contribution is -0.203. The van der Waals surface area contributed by atoms with Gasteiger partial charge in [0.05, 0.1) is 31.3 Å². The van der Waals surface area contributed by atoms with Crippen molar-refractivity contribution < 1.29 is 54.5 Å². The standard InChI is InChI=1S/C30H36N2O11S/c1-2-3-11-42-21-9-7-18(8-10-21)17-44-30(29(40)41)14-22(35)26(32-25(38)16-33)28(43-30)27(39)23(36)15-31-24(37)13-19-5-4-6-20(34)12-19/h1,4-10,12,22-23,26-28,33-36,39H,3,11,13-17H2,(H,31,37)(H,32,38)(H,40,41)/t22-,23+,26+,27+,28+,30-/m0/s1. The molecule has 14 heteroatoms. The van der Waals surface area contributed by atoms with Crippen molar-refractivity contribution in [3.63, 3.8) is 0 Å². The highest BCUT2D eigenvalue weighted by molar-refractivity contribution is 8.00. The number of phenols is 1. The molecule has 0 unspecified atom stereocenters. The predicted molar refractivity (Wildman–Crippen MR) is 158 cm³/mol. The van der Waals surface area contributed by atoms with Crippen molar-refractivity contribution in [2.45, 2.75) is 60.4 Å². The number of amides is 2. The van der Waals surface area contributed by atoms with Crippen molar-refractivity contribution in [2.75, 3.05) is 19.8 Å². The van der Waals surface area contributed by atoms with E-state index in [4.69, 9.17) is 15.9 Å². The quantitative estimate of drug-likeness (QED) is 0.0923. The number of carbonyl (C=O) groups is 3. The molecule has 2 aromatic carbocycles. The molecule has 3 rings (SSSR count). The maximum atomic E-state index is 12.5. The van der Waals surface area contributed by atoms with E-state index in [2.05, 4.69) is 16.6 Å². The highest BCUT2D eigenvalue weighted by atomic mass is 32.2. The van der Waals surface area contributed by atoms with Gasteiger partial charge in [-0.05, 0) is 35.4 Å². The Morgan fingerprint density at radius 2 is 1.86 bits per heavy atom. The molecule has 0 radical (unpaired) electrons. The van der Waals surface area contributed by atoms with E-state index in [9.17, 15) is 45.0 Å². The van der Waals surface area contributed by atoms with Gasteiger partial charge in [-0.1, -0.05) is 24.3 Å². The molecule has 0 bridgehead atoms. The fraction of sp³-hybridized carbons (Fsp3) is 0.433. The number of thioether (sulfide) groups is 1. The molecule has 2 aromatic rings. The lowest BCUT2D eigenvalue weighted by Crippen LogP contribution is -2.67. The number of aromatic hydroxyl groups is 1. The molecular weight excluding hydrogens is 596 g/mol. The Hall–Kier alpha value is -3.84. The average Bonchev–Trinajstić information content (AvgIpc) is 3.00. The van der Waals surface area contributed by atoms with E-state index in [1.807, 2.05) is 0 Å². The third-order valence-corrected chi connectivity index (χ3v) is 8.18. The van der Waals surface area contributed by atoms with Crippen LogP contribution < -0.4 is 15.4 Å². The summed E-state index contributed by atoms with van der Waals surface area (Å²) in [5.41, 5.74) is 1.19. The van der Waals surface area contributed by atoms with Crippen LogP contribution in [0.4, 0.5) is 0 Å². The van der Waals surface area contributed by atoms with Gasteiger partial charge in [0.15, 0.2) is 0 Å². The summed E-state index contributed by atoms with van der Waals surface area (Å²) < 4.78 is 11.4. The lowest BCUT2D eigenvalue weighted by atomic mass is 9.89. The van der Waals surface area contributed by atoms with E-state index in [-0.39, 0.29) is 17.9 Å². The minimum Gasteiger partial charge on any atom is -0.508 e. The molecule has 1 saturated heterocycles. The number of benzene rings is 2. The third kappa shape index (κ3) is 9.58. The SMILES string of the molecule is C#CCCOc1ccc(CS[C@]2(C(=O)O)C[C@H](O)[C@@H](NC(=O)CO)[C@H]([C@H](O)[C@H](O)CNC(=O)Cc3cccc(O)c3)O2)cc1. The number of aliphatic carboxylic acids is 1. The first kappa shape index (κ1) is 34.6. The second kappa shape index (κ2) is 16.3. The van der Waals surface area contributed by atoms with Crippen LogP contribution in [0.2, 0.25) is 0 Å². The zero-order valence-corrected chi connectivity index (χ0v) is 24.5. The van der Waals surface area contributed by atoms with Gasteiger partial charge in [0.25, 0.3) is 0 Å². The number of hydrogen-bond donors (Lipinski definition) is 8. The van der Waals surface area contributed by atoms with Gasteiger partial charge in [-0.3, -0.25) is 9.59 Å². The van der Waals surface area contributed by atoms with Crippen LogP contribution in [0.3, 0.4) is 0 Å². The normalized spacial score (nSPS) is 22.7. The van der Waals surface area contributed by atoms with E-state index in [1.165, 1.54) is 12.1 Å². The van der Waals surface area contributed by atoms with Crippen molar-refractivity contribution in [2.24, 2.45) is 0 Å². The smallest absolute Gasteiger partial charge is 0.346 e. The van der Waals surface area contributed by atoms with Gasteiger partial charge in [-0.2, -0.15) is 0 Å². The van der Waals surface area contributed by atoms with Crippen LogP contribution in [0.25, 0.3) is 0 Å². The second-order valence-corrected chi connectivity index (χ2v) is 11.3. The molecule has 2 amide bonds. The van der Waals surface area contributed by atoms with Crippen molar-refractivity contribution in [3.05, 3.63) is 59.7 Å². The predicted octanol–water partition coefficient (Wildman–Crippen LogP) is -0.484. The van der Waals surface area contributed by atoms with Gasteiger partial charge in [-0.25, -0.2) is 4.79 Å². The number of ether oxygens (including phenoxy) is 2. The molecule has 1 aliphatic heterocycles. The maximum absolute atomic E-state index is 12.5. The highest BCUT2D eigenvalue weighted by Gasteiger charge is 2.55. The van der Waals surface area contributed by atoms with Crippen LogP contribution in [-0.4, -0.2) is 104 Å². The monoisotopic (exact) mass is 632 g/mol. The lowest BCUT2D eigenvalue weighted by Gasteiger charge is -2.46. The third-order valence-electron chi connectivity index (χ3n) is 6.79. The van der Waals surface area contributed by atoms with Crippen LogP contribution in [0.1, 0.15) is 24.0 Å². The second-order valence-electron chi connectivity index (χ2n) is 10.1. The summed E-state index contributed by atoms with van der Waals surface area (Å²) in [6.07, 6.45) is -1.83. The number of hydrogen-bond acceptors (Lipinski definition) is 11. The molecule has 0 saturated carbocycles. The molecule has 0 aromatic heterocycles. The van der Waals surface area contributed by atoms with Crippen LogP contribution in [0, 0.1) is 12.3 Å². The molecule has 1 fully saturated rings. The maximum Gasteiger partial charge on any atom is 0.346 e. The van der Waals surface area contributed by atoms with E-state index < -0.39 is 72.7 Å².